The number of hydrogen-bond donors (Lipinski definition) is 1. The van der Waals surface area contributed by atoms with E-state index in [1.807, 2.05) is 66.7 Å². The Kier molecular flexibility index (Phi) is 4.79. The summed E-state index contributed by atoms with van der Waals surface area (Å²) < 4.78 is 0. The Labute approximate surface area is 136 Å². The van der Waals surface area contributed by atoms with Crippen molar-refractivity contribution in [3.05, 3.63) is 84.7 Å². The fraction of sp³-hybridized carbons (Fsp3) is 0.100. The van der Waals surface area contributed by atoms with Crippen molar-refractivity contribution in [1.29, 1.82) is 0 Å². The van der Waals surface area contributed by atoms with E-state index in [-0.39, 0.29) is 5.91 Å². The topological polar surface area (TPSA) is 42.0 Å². The standard InChI is InChI=1S/C20H18N2O/c23-20(11-6-16-4-2-1-3-5-16)22-19-9-7-17(8-10-19)18-12-14-21-15-13-18/h1-5,7-10,12-15H,6,11H2,(H,22,23). The van der Waals surface area contributed by atoms with Gasteiger partial charge in [-0.2, -0.15) is 0 Å². The van der Waals surface area contributed by atoms with E-state index in [1.54, 1.807) is 12.4 Å². The molecule has 1 aromatic heterocycles. The summed E-state index contributed by atoms with van der Waals surface area (Å²) in [5.74, 6) is 0.0329. The fourth-order valence-electron chi connectivity index (χ4n) is 2.42. The van der Waals surface area contributed by atoms with Crippen molar-refractivity contribution in [2.75, 3.05) is 5.32 Å². The van der Waals surface area contributed by atoms with E-state index in [1.165, 1.54) is 5.56 Å². The summed E-state index contributed by atoms with van der Waals surface area (Å²) in [6.45, 7) is 0. The van der Waals surface area contributed by atoms with Crippen LogP contribution in [-0.2, 0) is 11.2 Å². The van der Waals surface area contributed by atoms with E-state index >= 15 is 0 Å². The third-order valence-corrected chi connectivity index (χ3v) is 3.67. The largest absolute Gasteiger partial charge is 0.326 e. The zero-order valence-corrected chi connectivity index (χ0v) is 12.8. The van der Waals surface area contributed by atoms with Crippen molar-refractivity contribution >= 4 is 11.6 Å². The highest BCUT2D eigenvalue weighted by Crippen LogP contribution is 2.20. The van der Waals surface area contributed by atoms with Gasteiger partial charge in [-0.25, -0.2) is 0 Å². The molecule has 0 spiro atoms. The van der Waals surface area contributed by atoms with Crippen LogP contribution in [0.3, 0.4) is 0 Å². The average Bonchev–Trinajstić information content (AvgIpc) is 2.62. The number of aryl methyl sites for hydroxylation is 1. The summed E-state index contributed by atoms with van der Waals surface area (Å²) in [6.07, 6.45) is 4.78. The van der Waals surface area contributed by atoms with Crippen LogP contribution < -0.4 is 5.32 Å². The van der Waals surface area contributed by atoms with Crippen LogP contribution in [-0.4, -0.2) is 10.9 Å². The number of hydrogen-bond acceptors (Lipinski definition) is 2. The minimum Gasteiger partial charge on any atom is -0.326 e. The van der Waals surface area contributed by atoms with Crippen LogP contribution in [0.1, 0.15) is 12.0 Å². The predicted octanol–water partition coefficient (Wildman–Crippen LogP) is 4.32. The van der Waals surface area contributed by atoms with Gasteiger partial charge in [0.1, 0.15) is 0 Å². The first-order valence-corrected chi connectivity index (χ1v) is 7.65. The van der Waals surface area contributed by atoms with Crippen LogP contribution in [0.4, 0.5) is 5.69 Å². The zero-order chi connectivity index (χ0) is 15.9. The van der Waals surface area contributed by atoms with Crippen molar-refractivity contribution in [1.82, 2.24) is 4.98 Å². The van der Waals surface area contributed by atoms with E-state index in [4.69, 9.17) is 0 Å². The molecule has 3 rings (SSSR count). The minimum atomic E-state index is 0.0329. The molecule has 1 heterocycles. The maximum Gasteiger partial charge on any atom is 0.224 e. The number of carbonyl (C=O) groups is 1. The van der Waals surface area contributed by atoms with E-state index < -0.39 is 0 Å². The van der Waals surface area contributed by atoms with Gasteiger partial charge in [0.15, 0.2) is 0 Å². The molecule has 2 aromatic carbocycles. The molecule has 0 radical (unpaired) electrons. The quantitative estimate of drug-likeness (QED) is 0.762. The lowest BCUT2D eigenvalue weighted by molar-refractivity contribution is -0.116. The van der Waals surface area contributed by atoms with Gasteiger partial charge in [-0.1, -0.05) is 42.5 Å². The molecule has 0 fully saturated rings. The maximum absolute atomic E-state index is 12.0. The smallest absolute Gasteiger partial charge is 0.224 e. The van der Waals surface area contributed by atoms with Gasteiger partial charge in [-0.05, 0) is 47.4 Å². The summed E-state index contributed by atoms with van der Waals surface area (Å²) in [4.78, 5) is 16.0. The Morgan fingerprint density at radius 3 is 2.17 bits per heavy atom. The summed E-state index contributed by atoms with van der Waals surface area (Å²) in [7, 11) is 0. The first-order valence-electron chi connectivity index (χ1n) is 7.65. The van der Waals surface area contributed by atoms with Gasteiger partial charge in [0.05, 0.1) is 0 Å². The SMILES string of the molecule is O=C(CCc1ccccc1)Nc1ccc(-c2ccncc2)cc1. The molecule has 23 heavy (non-hydrogen) atoms. The normalized spacial score (nSPS) is 10.3. The van der Waals surface area contributed by atoms with Gasteiger partial charge in [0.25, 0.3) is 0 Å². The lowest BCUT2D eigenvalue weighted by Crippen LogP contribution is -2.12. The number of nitrogens with zero attached hydrogens (tertiary/aromatic N) is 1. The second-order valence-electron chi connectivity index (χ2n) is 5.35. The third-order valence-electron chi connectivity index (χ3n) is 3.67. The number of rotatable bonds is 5. The van der Waals surface area contributed by atoms with Crippen LogP contribution in [0.25, 0.3) is 11.1 Å². The molecular weight excluding hydrogens is 284 g/mol. The highest BCUT2D eigenvalue weighted by molar-refractivity contribution is 5.91. The molecule has 0 atom stereocenters. The van der Waals surface area contributed by atoms with Gasteiger partial charge in [-0.3, -0.25) is 9.78 Å². The molecule has 0 saturated carbocycles. The van der Waals surface area contributed by atoms with Crippen LogP contribution in [0.2, 0.25) is 0 Å². The van der Waals surface area contributed by atoms with Crippen molar-refractivity contribution in [3.8, 4) is 11.1 Å². The van der Waals surface area contributed by atoms with Crippen LogP contribution in [0.15, 0.2) is 79.1 Å². The molecule has 0 unspecified atom stereocenters. The molecule has 1 N–H and O–H groups in total. The summed E-state index contributed by atoms with van der Waals surface area (Å²) in [6, 6.07) is 21.8. The monoisotopic (exact) mass is 302 g/mol. The maximum atomic E-state index is 12.0. The average molecular weight is 302 g/mol. The van der Waals surface area contributed by atoms with Gasteiger partial charge in [0, 0.05) is 24.5 Å². The van der Waals surface area contributed by atoms with Gasteiger partial charge in [0.2, 0.25) is 5.91 Å². The molecule has 3 heteroatoms. The van der Waals surface area contributed by atoms with Crippen molar-refractivity contribution in [2.24, 2.45) is 0 Å². The number of anilines is 1. The van der Waals surface area contributed by atoms with Crippen LogP contribution >= 0.6 is 0 Å². The van der Waals surface area contributed by atoms with Gasteiger partial charge < -0.3 is 5.32 Å². The lowest BCUT2D eigenvalue weighted by atomic mass is 10.1. The molecule has 0 aliphatic carbocycles. The second kappa shape index (κ2) is 7.36. The van der Waals surface area contributed by atoms with E-state index in [9.17, 15) is 4.79 Å². The van der Waals surface area contributed by atoms with Crippen molar-refractivity contribution in [3.63, 3.8) is 0 Å². The third kappa shape index (κ3) is 4.27. The molecular formula is C20H18N2O. The second-order valence-corrected chi connectivity index (χ2v) is 5.35. The molecule has 0 saturated heterocycles. The van der Waals surface area contributed by atoms with Crippen molar-refractivity contribution < 1.29 is 4.79 Å². The van der Waals surface area contributed by atoms with Crippen molar-refractivity contribution in [2.45, 2.75) is 12.8 Å². The summed E-state index contributed by atoms with van der Waals surface area (Å²) >= 11 is 0. The Bertz CT molecular complexity index is 753. The Hall–Kier alpha value is -2.94. The Morgan fingerprint density at radius 2 is 1.48 bits per heavy atom. The molecule has 0 bridgehead atoms. The van der Waals surface area contributed by atoms with E-state index in [0.717, 1.165) is 23.2 Å². The molecule has 0 aliphatic rings. The van der Waals surface area contributed by atoms with Crippen LogP contribution in [0.5, 0.6) is 0 Å². The minimum absolute atomic E-state index is 0.0329. The number of pyridine rings is 1. The number of nitrogens with one attached hydrogen (secondary N) is 1. The fourth-order valence-corrected chi connectivity index (χ4v) is 2.42. The van der Waals surface area contributed by atoms with E-state index in [0.29, 0.717) is 6.42 Å². The van der Waals surface area contributed by atoms with Crippen LogP contribution in [0, 0.1) is 0 Å². The molecule has 0 aliphatic heterocycles. The highest BCUT2D eigenvalue weighted by Gasteiger charge is 2.04. The highest BCUT2D eigenvalue weighted by atomic mass is 16.1. The first kappa shape index (κ1) is 15.0. The number of amides is 1. The lowest BCUT2D eigenvalue weighted by Gasteiger charge is -2.07. The molecule has 3 nitrogen and oxygen atoms in total. The molecule has 114 valence electrons. The molecule has 1 amide bonds. The zero-order valence-electron chi connectivity index (χ0n) is 12.8. The van der Waals surface area contributed by atoms with E-state index in [2.05, 4.69) is 10.3 Å². The number of benzene rings is 2. The summed E-state index contributed by atoms with van der Waals surface area (Å²) in [5.41, 5.74) is 4.22. The van der Waals surface area contributed by atoms with Gasteiger partial charge >= 0.3 is 0 Å². The number of aromatic nitrogens is 1. The Balaban J connectivity index is 1.57. The first-order chi connectivity index (χ1) is 11.3. The van der Waals surface area contributed by atoms with Gasteiger partial charge in [-0.15, -0.1) is 0 Å². The predicted molar refractivity (Wildman–Crippen MR) is 93.1 cm³/mol. The Morgan fingerprint density at radius 1 is 0.826 bits per heavy atom. The molecule has 3 aromatic rings. The number of carbonyl (C=O) groups excluding carboxylic acids is 1. The summed E-state index contributed by atoms with van der Waals surface area (Å²) in [5, 5.41) is 2.94.